The van der Waals surface area contributed by atoms with Gasteiger partial charge in [-0.05, 0) is 113 Å². The lowest BCUT2D eigenvalue weighted by Gasteiger charge is -2.43. The molecule has 0 spiro atoms. The standard InChI is InChI=1S/C55H86INO14/c1-34-16-11-10-12-17-35(2)46(69-27-25-58)32-42-21-19-40(7)55(65,71-42)52(62)53(63)57-24-14-13-18-43(57)54(64)70-47(37(4)30-41-20-22-45(48(31-41)66-8)68-26-15-23-56)33-44(59)36(3)29-39(6)50(61)51(67-9)49(60)38(5)28-34/h10-12,16-17,29,34,36-38,40-43,45-48,50-51,58,61,65H,13-15,18-28,30-33H2,1-9H3/t34?,36?,37?,38?,40?,41-,42?,43?,45+,46?,47?,48+,50?,51?,55?/m0/s1. The van der Waals surface area contributed by atoms with Crippen LogP contribution in [0, 0.1) is 35.5 Å². The van der Waals surface area contributed by atoms with Gasteiger partial charge in [0.05, 0.1) is 37.6 Å². The fraction of sp³-hybridized carbons (Fsp3) is 0.764. The largest absolute Gasteiger partial charge is 0.460 e. The molecule has 12 unspecified atom stereocenters. The monoisotopic (exact) mass is 1110 g/mol. The van der Waals surface area contributed by atoms with Crippen LogP contribution in [-0.4, -0.2) is 149 Å². The van der Waals surface area contributed by atoms with E-state index in [2.05, 4.69) is 22.6 Å². The van der Waals surface area contributed by atoms with Crippen molar-refractivity contribution in [1.29, 1.82) is 0 Å². The third kappa shape index (κ3) is 17.4. The Morgan fingerprint density at radius 1 is 0.873 bits per heavy atom. The van der Waals surface area contributed by atoms with E-state index in [0.717, 1.165) is 35.7 Å². The van der Waals surface area contributed by atoms with E-state index in [1.54, 1.807) is 34.0 Å². The Labute approximate surface area is 437 Å². The van der Waals surface area contributed by atoms with Crippen molar-refractivity contribution in [3.05, 3.63) is 47.6 Å². The molecule has 2 bridgehead atoms. The number of hydrogen-bond donors (Lipinski definition) is 3. The molecule has 0 aromatic heterocycles. The summed E-state index contributed by atoms with van der Waals surface area (Å²) in [6, 6.07) is -1.15. The van der Waals surface area contributed by atoms with Crippen LogP contribution in [0.15, 0.2) is 47.6 Å². The van der Waals surface area contributed by atoms with Crippen LogP contribution in [0.25, 0.3) is 0 Å². The number of halogens is 1. The highest BCUT2D eigenvalue weighted by molar-refractivity contribution is 14.1. The maximum atomic E-state index is 14.5. The highest BCUT2D eigenvalue weighted by Crippen LogP contribution is 2.38. The number of esters is 1. The van der Waals surface area contributed by atoms with Crippen LogP contribution in [0.3, 0.4) is 0 Å². The van der Waals surface area contributed by atoms with Crippen molar-refractivity contribution in [3.63, 3.8) is 0 Å². The maximum Gasteiger partial charge on any atom is 0.329 e. The van der Waals surface area contributed by atoms with Gasteiger partial charge in [-0.3, -0.25) is 19.2 Å². The molecule has 1 aliphatic carbocycles. The Bertz CT molecular complexity index is 1870. The zero-order chi connectivity index (χ0) is 52.4. The third-order valence-corrected chi connectivity index (χ3v) is 16.0. The number of methoxy groups -OCH3 is 2. The molecule has 4 aliphatic rings. The van der Waals surface area contributed by atoms with Crippen LogP contribution in [0.5, 0.6) is 0 Å². The average molecular weight is 1110 g/mol. The summed E-state index contributed by atoms with van der Waals surface area (Å²) in [5.74, 6) is -8.00. The number of fused-ring (bicyclic) bond motifs is 3. The van der Waals surface area contributed by atoms with Gasteiger partial charge in [0.25, 0.3) is 11.7 Å². The minimum Gasteiger partial charge on any atom is -0.460 e. The summed E-state index contributed by atoms with van der Waals surface area (Å²) in [5.41, 5.74) is 1.20. The van der Waals surface area contributed by atoms with Crippen LogP contribution in [0.1, 0.15) is 132 Å². The zero-order valence-corrected chi connectivity index (χ0v) is 46.1. The molecule has 0 radical (unpaired) electrons. The van der Waals surface area contributed by atoms with Gasteiger partial charge in [0.2, 0.25) is 5.79 Å². The van der Waals surface area contributed by atoms with Crippen molar-refractivity contribution in [1.82, 2.24) is 4.90 Å². The van der Waals surface area contributed by atoms with Crippen molar-refractivity contribution in [3.8, 4) is 0 Å². The van der Waals surface area contributed by atoms with Gasteiger partial charge < -0.3 is 48.6 Å². The second-order valence-electron chi connectivity index (χ2n) is 20.8. The van der Waals surface area contributed by atoms with Crippen LogP contribution in [-0.2, 0) is 52.4 Å². The van der Waals surface area contributed by atoms with Gasteiger partial charge in [-0.1, -0.05) is 93.7 Å². The van der Waals surface area contributed by atoms with Gasteiger partial charge in [0, 0.05) is 62.4 Å². The van der Waals surface area contributed by atoms with Crippen LogP contribution < -0.4 is 0 Å². The zero-order valence-electron chi connectivity index (χ0n) is 43.9. The van der Waals surface area contributed by atoms with Gasteiger partial charge in [-0.2, -0.15) is 0 Å². The quantitative estimate of drug-likeness (QED) is 0.0436. The topological polar surface area (TPSA) is 205 Å². The Morgan fingerprint density at radius 3 is 2.31 bits per heavy atom. The number of allylic oxidation sites excluding steroid dienone is 6. The van der Waals surface area contributed by atoms with E-state index in [0.29, 0.717) is 50.7 Å². The Hall–Kier alpha value is -2.68. The highest BCUT2D eigenvalue weighted by Gasteiger charge is 2.53. The van der Waals surface area contributed by atoms with Crippen molar-refractivity contribution < 1.29 is 67.7 Å². The minimum absolute atomic E-state index is 0.00518. The molecular weight excluding hydrogens is 1030 g/mol. The first-order chi connectivity index (χ1) is 33.8. The number of aliphatic hydroxyl groups is 3. The van der Waals surface area contributed by atoms with Gasteiger partial charge in [0.1, 0.15) is 30.1 Å². The molecule has 0 aromatic rings. The lowest BCUT2D eigenvalue weighted by Crippen LogP contribution is -2.61. The molecule has 402 valence electrons. The number of rotatable bonds is 12. The molecule has 3 heterocycles. The van der Waals surface area contributed by atoms with Crippen molar-refractivity contribution in [2.24, 2.45) is 35.5 Å². The minimum atomic E-state index is -2.47. The fourth-order valence-corrected chi connectivity index (χ4v) is 11.0. The summed E-state index contributed by atoms with van der Waals surface area (Å²) in [4.78, 5) is 72.5. The first-order valence-corrected chi connectivity index (χ1v) is 27.7. The second-order valence-corrected chi connectivity index (χ2v) is 21.9. The van der Waals surface area contributed by atoms with Crippen LogP contribution in [0.2, 0.25) is 0 Å². The number of ether oxygens (including phenoxy) is 6. The molecule has 1 saturated carbocycles. The number of aliphatic hydroxyl groups excluding tert-OH is 2. The highest BCUT2D eigenvalue weighted by atomic mass is 127. The first-order valence-electron chi connectivity index (χ1n) is 26.2. The van der Waals surface area contributed by atoms with Gasteiger partial charge in [-0.25, -0.2) is 4.79 Å². The maximum absolute atomic E-state index is 14.5. The Kier molecular flexibility index (Phi) is 25.7. The van der Waals surface area contributed by atoms with Crippen LogP contribution in [0.4, 0.5) is 0 Å². The summed E-state index contributed by atoms with van der Waals surface area (Å²) in [7, 11) is 3.07. The van der Waals surface area contributed by atoms with Crippen molar-refractivity contribution in [2.75, 3.05) is 45.0 Å². The van der Waals surface area contributed by atoms with Crippen molar-refractivity contribution >= 4 is 51.8 Å². The third-order valence-electron chi connectivity index (χ3n) is 15.2. The number of carbonyl (C=O) groups is 5. The number of Topliss-reactive ketones (excluding diaryl/α,β-unsaturated/α-hetero) is 3. The van der Waals surface area contributed by atoms with E-state index in [-0.39, 0.29) is 80.5 Å². The molecule has 2 saturated heterocycles. The smallest absolute Gasteiger partial charge is 0.329 e. The number of nitrogens with zero attached hydrogens (tertiary/aromatic N) is 1. The Morgan fingerprint density at radius 2 is 1.62 bits per heavy atom. The van der Waals surface area contributed by atoms with E-state index in [9.17, 15) is 39.3 Å². The van der Waals surface area contributed by atoms with E-state index in [4.69, 9.17) is 28.4 Å². The number of hydrogen-bond acceptors (Lipinski definition) is 14. The van der Waals surface area contributed by atoms with Gasteiger partial charge in [0.15, 0.2) is 5.78 Å². The normalized spacial score (nSPS) is 35.6. The molecule has 71 heavy (non-hydrogen) atoms. The fourth-order valence-electron chi connectivity index (χ4n) is 10.7. The molecule has 3 N–H and O–H groups in total. The molecule has 15 nitrogen and oxygen atoms in total. The van der Waals surface area contributed by atoms with Crippen LogP contribution >= 0.6 is 22.6 Å². The molecular formula is C55H86INO14. The summed E-state index contributed by atoms with van der Waals surface area (Å²) in [6.45, 7) is 13.2. The van der Waals surface area contributed by atoms with Gasteiger partial charge in [-0.15, -0.1) is 0 Å². The summed E-state index contributed by atoms with van der Waals surface area (Å²) in [5, 5.41) is 33.2. The molecule has 15 atom stereocenters. The average Bonchev–Trinajstić information content (AvgIpc) is 3.35. The number of ketones is 3. The summed E-state index contributed by atoms with van der Waals surface area (Å²) in [6.07, 6.45) is 13.0. The van der Waals surface area contributed by atoms with E-state index < -0.39 is 77.8 Å². The summed E-state index contributed by atoms with van der Waals surface area (Å²) < 4.78 is 37.3. The molecule has 3 aliphatic heterocycles. The second kappa shape index (κ2) is 30.0. The van der Waals surface area contributed by atoms with E-state index in [1.165, 1.54) is 12.0 Å². The molecule has 3 fully saturated rings. The molecule has 0 aromatic carbocycles. The Balaban J connectivity index is 1.70. The van der Waals surface area contributed by atoms with E-state index in [1.807, 2.05) is 58.1 Å². The van der Waals surface area contributed by atoms with E-state index >= 15 is 0 Å². The van der Waals surface area contributed by atoms with Crippen molar-refractivity contribution in [2.45, 2.75) is 186 Å². The first kappa shape index (κ1) is 60.9. The number of cyclic esters (lactones) is 1. The molecule has 16 heteroatoms. The summed E-state index contributed by atoms with van der Waals surface area (Å²) >= 11 is 2.34. The number of piperidine rings is 1. The molecule has 4 rings (SSSR count). The number of alkyl halides is 1. The number of amides is 1. The lowest BCUT2D eigenvalue weighted by molar-refractivity contribution is -0.266. The number of carbonyl (C=O) groups excluding carboxylic acids is 5. The lowest BCUT2D eigenvalue weighted by atomic mass is 9.78. The molecule has 1 amide bonds. The SMILES string of the molecule is COC1C(=O)C(C)CC(C)C=CC=CC=C(C)C(OCCO)CC2CCC(C)C(O)(O2)C(=O)C(=O)N2CCCCC2C(=O)OC(C(C)C[C@@H]2CC[C@@H](OCCCI)[C@H](OC)C2)CC(=O)C(C)C=C(C)C1O. The van der Waals surface area contributed by atoms with Gasteiger partial charge >= 0.3 is 5.97 Å². The predicted octanol–water partition coefficient (Wildman–Crippen LogP) is 7.39. The predicted molar refractivity (Wildman–Crippen MR) is 278 cm³/mol.